The summed E-state index contributed by atoms with van der Waals surface area (Å²) >= 11 is 11.6. The molecule has 4 nitrogen and oxygen atoms in total. The molecule has 108 valence electrons. The van der Waals surface area contributed by atoms with Crippen molar-refractivity contribution >= 4 is 34.1 Å². The summed E-state index contributed by atoms with van der Waals surface area (Å²) in [4.78, 5) is 15.8. The lowest BCUT2D eigenvalue weighted by Crippen LogP contribution is -2.36. The Labute approximate surface area is 120 Å². The maximum Gasteiger partial charge on any atom is 0.416 e. The van der Waals surface area contributed by atoms with E-state index in [-0.39, 0.29) is 20.9 Å². The summed E-state index contributed by atoms with van der Waals surface area (Å²) < 4.78 is 37.5. The zero-order chi connectivity index (χ0) is 15.1. The Morgan fingerprint density at radius 3 is 2.60 bits per heavy atom. The molecule has 0 bridgehead atoms. The molecule has 2 aromatic rings. The average molecular weight is 327 g/mol. The summed E-state index contributed by atoms with van der Waals surface area (Å²) in [7, 11) is 0. The van der Waals surface area contributed by atoms with Crippen LogP contribution in [0.3, 0.4) is 0 Å². The number of halogens is 5. The summed E-state index contributed by atoms with van der Waals surface area (Å²) in [6.07, 6.45) is -6.58. The molecule has 0 radical (unpaired) electrons. The standard InChI is InChI=1S/C11H7Cl2F3N2O2/c12-5-1-6-9(7(13)2-5)17-4-18(10(6)20)3-8(19)11(14,15)16/h1-2,4,8,19H,3H2/t8-/m0/s1. The lowest BCUT2D eigenvalue weighted by Gasteiger charge is -2.15. The highest BCUT2D eigenvalue weighted by molar-refractivity contribution is 6.38. The molecule has 0 aliphatic carbocycles. The largest absolute Gasteiger partial charge is 0.416 e. The minimum Gasteiger partial charge on any atom is -0.382 e. The Morgan fingerprint density at radius 1 is 1.35 bits per heavy atom. The Morgan fingerprint density at radius 2 is 2.00 bits per heavy atom. The molecule has 20 heavy (non-hydrogen) atoms. The maximum absolute atomic E-state index is 12.3. The molecule has 9 heteroatoms. The van der Waals surface area contributed by atoms with Gasteiger partial charge < -0.3 is 5.11 Å². The van der Waals surface area contributed by atoms with Crippen molar-refractivity contribution in [1.29, 1.82) is 0 Å². The highest BCUT2D eigenvalue weighted by Crippen LogP contribution is 2.24. The number of hydrogen-bond acceptors (Lipinski definition) is 3. The van der Waals surface area contributed by atoms with Crippen molar-refractivity contribution in [2.24, 2.45) is 0 Å². The fraction of sp³-hybridized carbons (Fsp3) is 0.273. The third-order valence-corrected chi connectivity index (χ3v) is 3.10. The van der Waals surface area contributed by atoms with Gasteiger partial charge in [-0.05, 0) is 12.1 Å². The molecule has 0 saturated heterocycles. The summed E-state index contributed by atoms with van der Waals surface area (Å²) in [6.45, 7) is -0.949. The van der Waals surface area contributed by atoms with Crippen molar-refractivity contribution in [3.63, 3.8) is 0 Å². The molecule has 0 fully saturated rings. The maximum atomic E-state index is 12.3. The number of aliphatic hydroxyl groups excluding tert-OH is 1. The van der Waals surface area contributed by atoms with Gasteiger partial charge in [0.15, 0.2) is 6.10 Å². The van der Waals surface area contributed by atoms with Crippen LogP contribution in [0.4, 0.5) is 13.2 Å². The van der Waals surface area contributed by atoms with E-state index in [1.165, 1.54) is 12.1 Å². The molecular weight excluding hydrogens is 320 g/mol. The summed E-state index contributed by atoms with van der Waals surface area (Å²) in [5.41, 5.74) is -0.624. The van der Waals surface area contributed by atoms with Crippen molar-refractivity contribution in [3.8, 4) is 0 Å². The van der Waals surface area contributed by atoms with Crippen LogP contribution in [0.25, 0.3) is 10.9 Å². The number of rotatable bonds is 2. The van der Waals surface area contributed by atoms with E-state index in [4.69, 9.17) is 28.3 Å². The first kappa shape index (κ1) is 15.1. The van der Waals surface area contributed by atoms with Gasteiger partial charge >= 0.3 is 6.18 Å². The molecule has 1 heterocycles. The van der Waals surface area contributed by atoms with Gasteiger partial charge in [0.2, 0.25) is 0 Å². The van der Waals surface area contributed by atoms with Crippen LogP contribution in [0, 0.1) is 0 Å². The number of nitrogens with zero attached hydrogens (tertiary/aromatic N) is 2. The van der Waals surface area contributed by atoms with E-state index < -0.39 is 24.4 Å². The summed E-state index contributed by atoms with van der Waals surface area (Å²) in [6, 6.07) is 2.63. The van der Waals surface area contributed by atoms with Crippen molar-refractivity contribution in [2.45, 2.75) is 18.8 Å². The van der Waals surface area contributed by atoms with Gasteiger partial charge in [-0.1, -0.05) is 23.2 Å². The van der Waals surface area contributed by atoms with Gasteiger partial charge in [0, 0.05) is 5.02 Å². The zero-order valence-electron chi connectivity index (χ0n) is 9.66. The number of benzene rings is 1. The lowest BCUT2D eigenvalue weighted by molar-refractivity contribution is -0.207. The second-order valence-electron chi connectivity index (χ2n) is 4.04. The van der Waals surface area contributed by atoms with Crippen molar-refractivity contribution in [3.05, 3.63) is 38.9 Å². The van der Waals surface area contributed by atoms with Crippen LogP contribution in [0.2, 0.25) is 10.0 Å². The normalized spacial score (nSPS) is 13.7. The van der Waals surface area contributed by atoms with Gasteiger partial charge in [0.25, 0.3) is 5.56 Å². The van der Waals surface area contributed by atoms with Gasteiger partial charge in [-0.2, -0.15) is 13.2 Å². The second kappa shape index (κ2) is 5.23. The Bertz CT molecular complexity index is 715. The fourth-order valence-electron chi connectivity index (χ4n) is 1.61. The molecule has 1 atom stereocenters. The predicted molar refractivity (Wildman–Crippen MR) is 68.1 cm³/mol. The van der Waals surface area contributed by atoms with E-state index in [2.05, 4.69) is 4.98 Å². The van der Waals surface area contributed by atoms with Gasteiger partial charge in [0.1, 0.15) is 0 Å². The van der Waals surface area contributed by atoms with Crippen LogP contribution in [0.1, 0.15) is 0 Å². The van der Waals surface area contributed by atoms with Crippen LogP contribution < -0.4 is 5.56 Å². The first-order valence-corrected chi connectivity index (χ1v) is 6.04. The smallest absolute Gasteiger partial charge is 0.382 e. The van der Waals surface area contributed by atoms with Gasteiger partial charge in [-0.3, -0.25) is 9.36 Å². The molecule has 0 spiro atoms. The third-order valence-electron chi connectivity index (χ3n) is 2.59. The monoisotopic (exact) mass is 326 g/mol. The number of hydrogen-bond donors (Lipinski definition) is 1. The molecule has 0 amide bonds. The van der Waals surface area contributed by atoms with E-state index in [1.54, 1.807) is 0 Å². The van der Waals surface area contributed by atoms with E-state index in [0.717, 1.165) is 6.33 Å². The Hall–Kier alpha value is -1.31. The molecule has 1 aromatic heterocycles. The number of fused-ring (bicyclic) bond motifs is 1. The number of alkyl halides is 3. The average Bonchev–Trinajstić information content (AvgIpc) is 2.32. The summed E-state index contributed by atoms with van der Waals surface area (Å²) in [5, 5.41) is 9.25. The third kappa shape index (κ3) is 2.89. The van der Waals surface area contributed by atoms with Crippen LogP contribution in [-0.2, 0) is 6.54 Å². The number of aliphatic hydroxyl groups is 1. The van der Waals surface area contributed by atoms with Gasteiger partial charge in [0.05, 0.1) is 28.8 Å². The zero-order valence-corrected chi connectivity index (χ0v) is 11.2. The molecule has 2 rings (SSSR count). The summed E-state index contributed by atoms with van der Waals surface area (Å²) in [5.74, 6) is 0. The second-order valence-corrected chi connectivity index (χ2v) is 4.89. The van der Waals surface area contributed by atoms with E-state index in [9.17, 15) is 18.0 Å². The van der Waals surface area contributed by atoms with E-state index >= 15 is 0 Å². The lowest BCUT2D eigenvalue weighted by atomic mass is 10.2. The molecular formula is C11H7Cl2F3N2O2. The van der Waals surface area contributed by atoms with Crippen LogP contribution >= 0.6 is 23.2 Å². The van der Waals surface area contributed by atoms with E-state index in [1.807, 2.05) is 0 Å². The SMILES string of the molecule is O=c1c2cc(Cl)cc(Cl)c2ncn1C[C@H](O)C(F)(F)F. The van der Waals surface area contributed by atoms with Crippen LogP contribution in [-0.4, -0.2) is 26.9 Å². The minimum absolute atomic E-state index is 0.0145. The van der Waals surface area contributed by atoms with Crippen molar-refractivity contribution < 1.29 is 18.3 Å². The molecule has 0 aliphatic rings. The van der Waals surface area contributed by atoms with Crippen molar-refractivity contribution in [1.82, 2.24) is 9.55 Å². The van der Waals surface area contributed by atoms with Gasteiger partial charge in [-0.25, -0.2) is 4.98 Å². The molecule has 0 saturated carbocycles. The van der Waals surface area contributed by atoms with Gasteiger partial charge in [-0.15, -0.1) is 0 Å². The predicted octanol–water partition coefficient (Wildman–Crippen LogP) is 2.63. The molecule has 0 aliphatic heterocycles. The highest BCUT2D eigenvalue weighted by atomic mass is 35.5. The quantitative estimate of drug-likeness (QED) is 0.923. The topological polar surface area (TPSA) is 55.1 Å². The van der Waals surface area contributed by atoms with Crippen molar-refractivity contribution in [2.75, 3.05) is 0 Å². The van der Waals surface area contributed by atoms with Crippen LogP contribution in [0.15, 0.2) is 23.3 Å². The Balaban J connectivity index is 2.53. The van der Waals surface area contributed by atoms with E-state index in [0.29, 0.717) is 4.57 Å². The molecule has 1 aromatic carbocycles. The molecule has 1 N–H and O–H groups in total. The first-order chi connectivity index (χ1) is 9.20. The first-order valence-electron chi connectivity index (χ1n) is 5.29. The van der Waals surface area contributed by atoms with Crippen LogP contribution in [0.5, 0.6) is 0 Å². The Kier molecular flexibility index (Phi) is 3.95. The number of aromatic nitrogens is 2. The molecule has 0 unspecified atom stereocenters. The highest BCUT2D eigenvalue weighted by Gasteiger charge is 2.38. The fourth-order valence-corrected chi connectivity index (χ4v) is 2.16. The minimum atomic E-state index is -4.82.